The molecule has 4 aromatic rings. The molecule has 164 valence electrons. The van der Waals surface area contributed by atoms with Gasteiger partial charge in [-0.1, -0.05) is 53.2 Å². The van der Waals surface area contributed by atoms with Crippen LogP contribution in [-0.4, -0.2) is 33.6 Å². The van der Waals surface area contributed by atoms with Gasteiger partial charge in [-0.3, -0.25) is 4.79 Å². The zero-order valence-electron chi connectivity index (χ0n) is 18.3. The first-order valence-corrected chi connectivity index (χ1v) is 10.6. The summed E-state index contributed by atoms with van der Waals surface area (Å²) in [7, 11) is 1.59. The van der Waals surface area contributed by atoms with E-state index >= 15 is 0 Å². The van der Waals surface area contributed by atoms with Crippen LogP contribution in [0, 0.1) is 12.8 Å². The van der Waals surface area contributed by atoms with E-state index in [0.29, 0.717) is 22.7 Å². The molecule has 0 radical (unpaired) electrons. The van der Waals surface area contributed by atoms with Crippen LogP contribution in [0.1, 0.15) is 33.3 Å². The number of Topliss-reactive ketones (excluding diaryl/α,β-unsaturated/α-hetero) is 1. The third-order valence-electron chi connectivity index (χ3n) is 5.65. The number of carbonyl (C=O) groups is 1. The SMILES string of the molecule is COc1ccc(C(=O)C2C(c3ccc(C)cc3)=NOC2c2cnn(-c3ccccc3)n2)cc1. The molecule has 3 aromatic carbocycles. The van der Waals surface area contributed by atoms with Crippen molar-refractivity contribution in [3.63, 3.8) is 0 Å². The molecular weight excluding hydrogens is 416 g/mol. The number of benzene rings is 3. The van der Waals surface area contributed by atoms with Crippen molar-refractivity contribution in [1.29, 1.82) is 0 Å². The molecule has 0 amide bonds. The maximum Gasteiger partial charge on any atom is 0.188 e. The Bertz CT molecular complexity index is 1300. The number of aryl methyl sites for hydroxylation is 1. The zero-order valence-corrected chi connectivity index (χ0v) is 18.3. The first kappa shape index (κ1) is 20.6. The monoisotopic (exact) mass is 438 g/mol. The normalized spacial score (nSPS) is 17.3. The molecule has 5 rings (SSSR count). The second-order valence-corrected chi connectivity index (χ2v) is 7.83. The summed E-state index contributed by atoms with van der Waals surface area (Å²) < 4.78 is 5.23. The highest BCUT2D eigenvalue weighted by molar-refractivity contribution is 6.19. The van der Waals surface area contributed by atoms with Crippen LogP contribution in [0.5, 0.6) is 5.75 Å². The van der Waals surface area contributed by atoms with E-state index in [-0.39, 0.29) is 5.78 Å². The number of rotatable bonds is 6. The fourth-order valence-electron chi connectivity index (χ4n) is 3.84. The molecule has 2 atom stereocenters. The lowest BCUT2D eigenvalue weighted by molar-refractivity contribution is 0.0509. The van der Waals surface area contributed by atoms with Gasteiger partial charge >= 0.3 is 0 Å². The molecule has 0 bridgehead atoms. The van der Waals surface area contributed by atoms with Crippen LogP contribution in [-0.2, 0) is 4.84 Å². The van der Waals surface area contributed by atoms with Crippen molar-refractivity contribution in [2.24, 2.45) is 11.1 Å². The Hall–Kier alpha value is -4.26. The van der Waals surface area contributed by atoms with Crippen molar-refractivity contribution in [3.8, 4) is 11.4 Å². The Labute approximate surface area is 191 Å². The minimum Gasteiger partial charge on any atom is -0.497 e. The molecule has 1 aliphatic heterocycles. The molecule has 0 saturated heterocycles. The summed E-state index contributed by atoms with van der Waals surface area (Å²) in [6, 6.07) is 24.5. The second kappa shape index (κ2) is 8.70. The molecule has 2 unspecified atom stereocenters. The minimum atomic E-state index is -0.687. The number of oxime groups is 1. The van der Waals surface area contributed by atoms with Gasteiger partial charge in [0.2, 0.25) is 0 Å². The van der Waals surface area contributed by atoms with Crippen LogP contribution in [0.4, 0.5) is 0 Å². The van der Waals surface area contributed by atoms with Gasteiger partial charge in [-0.25, -0.2) is 0 Å². The van der Waals surface area contributed by atoms with Crippen LogP contribution in [0.2, 0.25) is 0 Å². The molecule has 0 saturated carbocycles. The second-order valence-electron chi connectivity index (χ2n) is 7.83. The van der Waals surface area contributed by atoms with Crippen molar-refractivity contribution >= 4 is 11.5 Å². The number of para-hydroxylation sites is 1. The Kier molecular flexibility index (Phi) is 5.44. The van der Waals surface area contributed by atoms with E-state index in [9.17, 15) is 4.79 Å². The molecule has 2 heterocycles. The highest BCUT2D eigenvalue weighted by Gasteiger charge is 2.43. The van der Waals surface area contributed by atoms with Crippen LogP contribution in [0.15, 0.2) is 90.2 Å². The smallest absolute Gasteiger partial charge is 0.188 e. The van der Waals surface area contributed by atoms with E-state index in [1.54, 1.807) is 37.6 Å². The highest BCUT2D eigenvalue weighted by Crippen LogP contribution is 2.36. The number of ketones is 1. The molecule has 0 aliphatic carbocycles. The van der Waals surface area contributed by atoms with Gasteiger partial charge in [0.15, 0.2) is 11.9 Å². The average Bonchev–Trinajstić information content (AvgIpc) is 3.52. The van der Waals surface area contributed by atoms with Crippen LogP contribution < -0.4 is 4.74 Å². The van der Waals surface area contributed by atoms with Gasteiger partial charge < -0.3 is 9.57 Å². The van der Waals surface area contributed by atoms with E-state index in [1.165, 1.54) is 4.80 Å². The standard InChI is InChI=1S/C26H22N4O3/c1-17-8-10-18(11-9-17)24-23(25(31)19-12-14-21(32-2)15-13-19)26(33-29-24)22-16-27-30(28-22)20-6-4-3-5-7-20/h3-16,23,26H,1-2H3. The predicted molar refractivity (Wildman–Crippen MR) is 124 cm³/mol. The van der Waals surface area contributed by atoms with E-state index in [4.69, 9.17) is 9.57 Å². The number of hydrogen-bond acceptors (Lipinski definition) is 6. The average molecular weight is 438 g/mol. The first-order valence-electron chi connectivity index (χ1n) is 10.6. The lowest BCUT2D eigenvalue weighted by Crippen LogP contribution is -2.27. The third kappa shape index (κ3) is 4.01. The molecule has 7 heteroatoms. The summed E-state index contributed by atoms with van der Waals surface area (Å²) in [6.07, 6.45) is 0.938. The van der Waals surface area contributed by atoms with Gasteiger partial charge in [-0.15, -0.1) is 5.10 Å². The lowest BCUT2D eigenvalue weighted by atomic mass is 9.84. The molecule has 1 aromatic heterocycles. The minimum absolute atomic E-state index is 0.103. The summed E-state index contributed by atoms with van der Waals surface area (Å²) in [5, 5.41) is 13.3. The van der Waals surface area contributed by atoms with E-state index in [1.807, 2.05) is 61.5 Å². The molecule has 0 fully saturated rings. The predicted octanol–water partition coefficient (Wildman–Crippen LogP) is 4.56. The number of hydrogen-bond donors (Lipinski definition) is 0. The van der Waals surface area contributed by atoms with Gasteiger partial charge in [0.25, 0.3) is 0 Å². The number of aromatic nitrogens is 3. The molecule has 0 spiro atoms. The summed E-state index contributed by atoms with van der Waals surface area (Å²) in [5.74, 6) is -0.0836. The quantitative estimate of drug-likeness (QED) is 0.413. The van der Waals surface area contributed by atoms with Crippen LogP contribution >= 0.6 is 0 Å². The summed E-state index contributed by atoms with van der Waals surface area (Å²) in [4.78, 5) is 21.0. The van der Waals surface area contributed by atoms with Gasteiger partial charge in [-0.2, -0.15) is 9.90 Å². The number of ether oxygens (including phenoxy) is 1. The Morgan fingerprint density at radius 3 is 2.39 bits per heavy atom. The fourth-order valence-corrected chi connectivity index (χ4v) is 3.84. The van der Waals surface area contributed by atoms with Crippen molar-refractivity contribution in [2.45, 2.75) is 13.0 Å². The zero-order chi connectivity index (χ0) is 22.8. The van der Waals surface area contributed by atoms with Crippen molar-refractivity contribution < 1.29 is 14.4 Å². The molecular formula is C26H22N4O3. The summed E-state index contributed by atoms with van der Waals surface area (Å²) in [6.45, 7) is 2.02. The van der Waals surface area contributed by atoms with Gasteiger partial charge in [0, 0.05) is 11.1 Å². The third-order valence-corrected chi connectivity index (χ3v) is 5.65. The maximum absolute atomic E-state index is 13.7. The number of carbonyl (C=O) groups excluding carboxylic acids is 1. The van der Waals surface area contributed by atoms with Crippen molar-refractivity contribution in [2.75, 3.05) is 7.11 Å². The number of nitrogens with zero attached hydrogens (tertiary/aromatic N) is 4. The van der Waals surface area contributed by atoms with E-state index in [2.05, 4.69) is 15.4 Å². The van der Waals surface area contributed by atoms with Gasteiger partial charge in [0.1, 0.15) is 23.1 Å². The largest absolute Gasteiger partial charge is 0.497 e. The van der Waals surface area contributed by atoms with Crippen molar-refractivity contribution in [1.82, 2.24) is 15.0 Å². The lowest BCUT2D eigenvalue weighted by Gasteiger charge is -2.16. The van der Waals surface area contributed by atoms with E-state index < -0.39 is 12.0 Å². The van der Waals surface area contributed by atoms with E-state index in [0.717, 1.165) is 16.8 Å². The number of methoxy groups -OCH3 is 1. The molecule has 33 heavy (non-hydrogen) atoms. The van der Waals surface area contributed by atoms with Gasteiger partial charge in [-0.05, 0) is 43.3 Å². The van der Waals surface area contributed by atoms with Crippen molar-refractivity contribution in [3.05, 3.63) is 107 Å². The Morgan fingerprint density at radius 2 is 1.70 bits per heavy atom. The first-order chi connectivity index (χ1) is 16.1. The fraction of sp³-hybridized carbons (Fsp3) is 0.154. The maximum atomic E-state index is 13.7. The van der Waals surface area contributed by atoms with Crippen LogP contribution in [0.3, 0.4) is 0 Å². The Morgan fingerprint density at radius 1 is 0.970 bits per heavy atom. The van der Waals surface area contributed by atoms with Crippen LogP contribution in [0.25, 0.3) is 5.69 Å². The van der Waals surface area contributed by atoms with Gasteiger partial charge in [0.05, 0.1) is 19.0 Å². The highest BCUT2D eigenvalue weighted by atomic mass is 16.6. The summed E-state index contributed by atoms with van der Waals surface area (Å²) >= 11 is 0. The molecule has 1 aliphatic rings. The summed E-state index contributed by atoms with van der Waals surface area (Å²) in [5.41, 5.74) is 4.45. The topological polar surface area (TPSA) is 78.6 Å². The Balaban J connectivity index is 1.52. The molecule has 0 N–H and O–H groups in total. The molecule has 7 nitrogen and oxygen atoms in total.